The van der Waals surface area contributed by atoms with Gasteiger partial charge >= 0.3 is 0 Å². The maximum Gasteiger partial charge on any atom is 0.269 e. The van der Waals surface area contributed by atoms with Crippen LogP contribution in [0.1, 0.15) is 38.2 Å². The van der Waals surface area contributed by atoms with Crippen LogP contribution in [0.5, 0.6) is 5.75 Å². The van der Waals surface area contributed by atoms with Crippen molar-refractivity contribution in [1.29, 1.82) is 0 Å². The first-order chi connectivity index (χ1) is 14.0. The zero-order chi connectivity index (χ0) is 20.5. The number of nitrogens with one attached hydrogen (secondary N) is 2. The molecule has 3 N–H and O–H groups in total. The molecule has 1 aromatic heterocycles. The van der Waals surface area contributed by atoms with Crippen molar-refractivity contribution in [3.63, 3.8) is 0 Å². The largest absolute Gasteiger partial charge is 0.496 e. The van der Waals surface area contributed by atoms with Crippen LogP contribution in [-0.2, 0) is 4.74 Å². The Morgan fingerprint density at radius 3 is 2.62 bits per heavy atom. The molecule has 0 spiro atoms. The first kappa shape index (κ1) is 19.4. The number of fused-ring (bicyclic) bond motifs is 1. The number of pyridine rings is 1. The van der Waals surface area contributed by atoms with E-state index in [1.807, 2.05) is 0 Å². The number of ether oxygens (including phenoxy) is 2. The molecule has 1 aliphatic heterocycles. The lowest BCUT2D eigenvalue weighted by atomic mass is 10.0. The number of para-hydroxylation sites is 1. The molecule has 2 aliphatic rings. The molecule has 1 saturated heterocycles. The minimum Gasteiger partial charge on any atom is -0.496 e. The van der Waals surface area contributed by atoms with Gasteiger partial charge in [-0.2, -0.15) is 0 Å². The molecule has 0 radical (unpaired) electrons. The Morgan fingerprint density at radius 2 is 1.93 bits per heavy atom. The van der Waals surface area contributed by atoms with Gasteiger partial charge in [-0.25, -0.2) is 4.98 Å². The molecule has 2 heterocycles. The lowest BCUT2D eigenvalue weighted by Gasteiger charge is -2.16. The molecule has 1 unspecified atom stereocenters. The molecule has 29 heavy (non-hydrogen) atoms. The summed E-state index contributed by atoms with van der Waals surface area (Å²) < 4.78 is 10.7. The SMILES string of the molecule is CNC(=O)c1cc(C(=O)NC2[C@H]3COC[C@@H]23)cc([C@H](O)c2ccccc2OC)n1. The Morgan fingerprint density at radius 1 is 1.21 bits per heavy atom. The number of aliphatic hydroxyl groups excluding tert-OH is 1. The van der Waals surface area contributed by atoms with E-state index >= 15 is 0 Å². The van der Waals surface area contributed by atoms with E-state index in [4.69, 9.17) is 9.47 Å². The Bertz CT molecular complexity index is 938. The number of aliphatic hydroxyl groups is 1. The fraction of sp³-hybridized carbons (Fsp3) is 0.381. The maximum absolute atomic E-state index is 12.8. The van der Waals surface area contributed by atoms with Crippen LogP contribution in [0.2, 0.25) is 0 Å². The topological polar surface area (TPSA) is 110 Å². The van der Waals surface area contributed by atoms with Crippen LogP contribution in [0.15, 0.2) is 36.4 Å². The highest BCUT2D eigenvalue weighted by Gasteiger charge is 2.54. The van der Waals surface area contributed by atoms with Crippen molar-refractivity contribution >= 4 is 11.8 Å². The highest BCUT2D eigenvalue weighted by molar-refractivity contribution is 5.99. The van der Waals surface area contributed by atoms with Gasteiger partial charge in [-0.05, 0) is 18.2 Å². The summed E-state index contributed by atoms with van der Waals surface area (Å²) in [6.45, 7) is 1.32. The van der Waals surface area contributed by atoms with Gasteiger partial charge in [-0.1, -0.05) is 18.2 Å². The van der Waals surface area contributed by atoms with E-state index in [1.54, 1.807) is 24.3 Å². The second-order valence-corrected chi connectivity index (χ2v) is 7.25. The standard InChI is InChI=1S/C21H23N3O5/c1-22-21(27)16-8-11(20(26)24-18-13-9-29-10-14(13)18)7-15(23-16)19(25)12-5-3-4-6-17(12)28-2/h3-8,13-14,18-19,25H,9-10H2,1-2H3,(H,22,27)(H,24,26)/t13-,14+,18?,19-/m1/s1. The van der Waals surface area contributed by atoms with Gasteiger partial charge in [0, 0.05) is 36.1 Å². The van der Waals surface area contributed by atoms with Gasteiger partial charge in [0.05, 0.1) is 26.0 Å². The predicted octanol–water partition coefficient (Wildman–Crippen LogP) is 0.906. The van der Waals surface area contributed by atoms with E-state index in [2.05, 4.69) is 15.6 Å². The van der Waals surface area contributed by atoms with Gasteiger partial charge in [0.2, 0.25) is 0 Å². The summed E-state index contributed by atoms with van der Waals surface area (Å²) in [6, 6.07) is 10.0. The Hall–Kier alpha value is -2.97. The van der Waals surface area contributed by atoms with Gasteiger partial charge in [0.25, 0.3) is 11.8 Å². The monoisotopic (exact) mass is 397 g/mol. The summed E-state index contributed by atoms with van der Waals surface area (Å²) in [5.41, 5.74) is 1.02. The van der Waals surface area contributed by atoms with Crippen molar-refractivity contribution in [1.82, 2.24) is 15.6 Å². The van der Waals surface area contributed by atoms with Crippen LogP contribution in [-0.4, -0.2) is 55.3 Å². The molecule has 8 heteroatoms. The summed E-state index contributed by atoms with van der Waals surface area (Å²) in [7, 11) is 2.99. The third kappa shape index (κ3) is 3.68. The van der Waals surface area contributed by atoms with Gasteiger partial charge in [0.15, 0.2) is 0 Å². The zero-order valence-electron chi connectivity index (χ0n) is 16.2. The van der Waals surface area contributed by atoms with E-state index < -0.39 is 12.0 Å². The van der Waals surface area contributed by atoms with E-state index in [9.17, 15) is 14.7 Å². The average Bonchev–Trinajstić information content (AvgIpc) is 3.17. The van der Waals surface area contributed by atoms with Crippen LogP contribution < -0.4 is 15.4 Å². The highest BCUT2D eigenvalue weighted by atomic mass is 16.5. The van der Waals surface area contributed by atoms with Crippen LogP contribution in [0.25, 0.3) is 0 Å². The molecule has 152 valence electrons. The van der Waals surface area contributed by atoms with Gasteiger partial charge in [-0.15, -0.1) is 0 Å². The van der Waals surface area contributed by atoms with Gasteiger partial charge < -0.3 is 25.2 Å². The normalized spacial score (nSPS) is 23.1. The van der Waals surface area contributed by atoms with Crippen molar-refractivity contribution in [3.8, 4) is 5.75 Å². The number of carbonyl (C=O) groups is 2. The first-order valence-corrected chi connectivity index (χ1v) is 9.47. The molecule has 1 aliphatic carbocycles. The van der Waals surface area contributed by atoms with Crippen molar-refractivity contribution in [2.24, 2.45) is 11.8 Å². The van der Waals surface area contributed by atoms with E-state index in [0.29, 0.717) is 36.4 Å². The van der Waals surface area contributed by atoms with E-state index in [-0.39, 0.29) is 28.9 Å². The Kier molecular flexibility index (Phi) is 5.21. The smallest absolute Gasteiger partial charge is 0.269 e. The predicted molar refractivity (Wildman–Crippen MR) is 104 cm³/mol. The second-order valence-electron chi connectivity index (χ2n) is 7.25. The second kappa shape index (κ2) is 7.81. The number of benzene rings is 1. The first-order valence-electron chi connectivity index (χ1n) is 9.47. The number of rotatable bonds is 6. The third-order valence-electron chi connectivity index (χ3n) is 5.53. The minimum absolute atomic E-state index is 0.0587. The summed E-state index contributed by atoms with van der Waals surface area (Å²) >= 11 is 0. The van der Waals surface area contributed by atoms with Crippen LogP contribution in [0.4, 0.5) is 0 Å². The molecule has 4 atom stereocenters. The molecule has 1 saturated carbocycles. The van der Waals surface area contributed by atoms with Crippen molar-refractivity contribution in [2.75, 3.05) is 27.4 Å². The van der Waals surface area contributed by atoms with Crippen molar-refractivity contribution in [2.45, 2.75) is 12.1 Å². The molecule has 2 amide bonds. The molecule has 2 aromatic rings. The maximum atomic E-state index is 12.8. The van der Waals surface area contributed by atoms with Crippen molar-refractivity contribution < 1.29 is 24.2 Å². The Balaban J connectivity index is 1.65. The number of nitrogens with zero attached hydrogens (tertiary/aromatic N) is 1. The lowest BCUT2D eigenvalue weighted by Crippen LogP contribution is -2.31. The van der Waals surface area contributed by atoms with Crippen molar-refractivity contribution in [3.05, 3.63) is 58.9 Å². The molecule has 4 rings (SSSR count). The molecular formula is C21H23N3O5. The van der Waals surface area contributed by atoms with Gasteiger partial charge in [0.1, 0.15) is 17.5 Å². The number of hydrogen-bond acceptors (Lipinski definition) is 6. The quantitative estimate of drug-likeness (QED) is 0.668. The summed E-state index contributed by atoms with van der Waals surface area (Å²) in [4.78, 5) is 29.3. The molecule has 2 fully saturated rings. The van der Waals surface area contributed by atoms with Crippen LogP contribution >= 0.6 is 0 Å². The number of methoxy groups -OCH3 is 1. The fourth-order valence-electron chi connectivity index (χ4n) is 3.81. The summed E-state index contributed by atoms with van der Waals surface area (Å²) in [5.74, 6) is 0.467. The zero-order valence-corrected chi connectivity index (χ0v) is 16.2. The number of hydrogen-bond donors (Lipinski definition) is 3. The van der Waals surface area contributed by atoms with Gasteiger partial charge in [-0.3, -0.25) is 9.59 Å². The average molecular weight is 397 g/mol. The molecule has 1 aromatic carbocycles. The molecular weight excluding hydrogens is 374 g/mol. The van der Waals surface area contributed by atoms with E-state index in [1.165, 1.54) is 26.3 Å². The summed E-state index contributed by atoms with van der Waals surface area (Å²) in [6.07, 6.45) is -1.16. The Labute approximate surface area is 168 Å². The van der Waals surface area contributed by atoms with Crippen LogP contribution in [0.3, 0.4) is 0 Å². The molecule has 0 bridgehead atoms. The minimum atomic E-state index is -1.16. The highest BCUT2D eigenvalue weighted by Crippen LogP contribution is 2.44. The number of amides is 2. The summed E-state index contributed by atoms with van der Waals surface area (Å²) in [5, 5.41) is 16.4. The number of aromatic nitrogens is 1. The third-order valence-corrected chi connectivity index (χ3v) is 5.53. The lowest BCUT2D eigenvalue weighted by molar-refractivity contribution is 0.0928. The molecule has 8 nitrogen and oxygen atoms in total. The van der Waals surface area contributed by atoms with Crippen LogP contribution in [0, 0.1) is 11.8 Å². The fourth-order valence-corrected chi connectivity index (χ4v) is 3.81. The number of carbonyl (C=O) groups excluding carboxylic acids is 2. The van der Waals surface area contributed by atoms with E-state index in [0.717, 1.165) is 0 Å².